The van der Waals surface area contributed by atoms with Gasteiger partial charge in [-0.2, -0.15) is 0 Å². The van der Waals surface area contributed by atoms with E-state index in [1.807, 2.05) is 25.8 Å². The molecule has 0 saturated carbocycles. The number of hydrogen-bond acceptors (Lipinski definition) is 4. The van der Waals surface area contributed by atoms with Crippen LogP contribution in [0.2, 0.25) is 0 Å². The number of benzene rings is 1. The van der Waals surface area contributed by atoms with Gasteiger partial charge in [-0.3, -0.25) is 4.79 Å². The van der Waals surface area contributed by atoms with Crippen molar-refractivity contribution >= 4 is 5.91 Å². The number of halogens is 1. The van der Waals surface area contributed by atoms with Gasteiger partial charge >= 0.3 is 0 Å². The molecule has 2 aromatic rings. The monoisotopic (exact) mass is 359 g/mol. The molecule has 0 spiro atoms. The Morgan fingerprint density at radius 1 is 1.42 bits per heavy atom. The van der Waals surface area contributed by atoms with E-state index in [1.54, 1.807) is 16.8 Å². The standard InChI is InChI=1S/C19H26FN5O/c1-13(2)18-22-17(23-25(18)16-8-4-7-15(20)10-16)19(26)24-9-5-6-14(12-24)11-21-3/h4,7-8,10,13-14,21H,5-6,9,11-12H2,1-3H3. The lowest BCUT2D eigenvalue weighted by Crippen LogP contribution is -2.42. The average Bonchev–Trinajstić information content (AvgIpc) is 3.07. The van der Waals surface area contributed by atoms with Gasteiger partial charge in [0.15, 0.2) is 0 Å². The fourth-order valence-corrected chi connectivity index (χ4v) is 3.43. The molecule has 1 saturated heterocycles. The van der Waals surface area contributed by atoms with E-state index in [1.165, 1.54) is 12.1 Å². The number of likely N-dealkylation sites (tertiary alicyclic amines) is 1. The van der Waals surface area contributed by atoms with Gasteiger partial charge in [-0.1, -0.05) is 19.9 Å². The Kier molecular flexibility index (Phi) is 5.66. The molecule has 140 valence electrons. The van der Waals surface area contributed by atoms with Crippen LogP contribution in [0.1, 0.15) is 49.1 Å². The molecule has 2 heterocycles. The molecule has 1 unspecified atom stereocenters. The first-order valence-corrected chi connectivity index (χ1v) is 9.16. The summed E-state index contributed by atoms with van der Waals surface area (Å²) in [6.07, 6.45) is 2.10. The lowest BCUT2D eigenvalue weighted by atomic mass is 9.98. The van der Waals surface area contributed by atoms with Gasteiger partial charge in [-0.25, -0.2) is 14.1 Å². The summed E-state index contributed by atoms with van der Waals surface area (Å²) in [7, 11) is 1.93. The van der Waals surface area contributed by atoms with Crippen molar-refractivity contribution in [2.45, 2.75) is 32.6 Å². The number of amides is 1. The normalized spacial score (nSPS) is 17.7. The highest BCUT2D eigenvalue weighted by atomic mass is 19.1. The van der Waals surface area contributed by atoms with E-state index in [-0.39, 0.29) is 23.5 Å². The molecule has 1 aromatic carbocycles. The summed E-state index contributed by atoms with van der Waals surface area (Å²) in [6, 6.07) is 6.18. The van der Waals surface area contributed by atoms with E-state index in [9.17, 15) is 9.18 Å². The molecule has 1 aromatic heterocycles. The molecular formula is C19H26FN5O. The zero-order chi connectivity index (χ0) is 18.7. The predicted octanol–water partition coefficient (Wildman–Crippen LogP) is 2.60. The minimum absolute atomic E-state index is 0.0608. The van der Waals surface area contributed by atoms with E-state index in [4.69, 9.17) is 0 Å². The topological polar surface area (TPSA) is 63.1 Å². The van der Waals surface area contributed by atoms with Crippen LogP contribution in [0.5, 0.6) is 0 Å². The van der Waals surface area contributed by atoms with Crippen LogP contribution in [0.4, 0.5) is 4.39 Å². The maximum atomic E-state index is 13.6. The SMILES string of the molecule is CNCC1CCCN(C(=O)c2nc(C(C)C)n(-c3cccc(F)c3)n2)C1. The molecule has 1 amide bonds. The van der Waals surface area contributed by atoms with Crippen molar-refractivity contribution in [2.75, 3.05) is 26.7 Å². The number of carbonyl (C=O) groups excluding carboxylic acids is 1. The van der Waals surface area contributed by atoms with Crippen molar-refractivity contribution in [3.05, 3.63) is 41.7 Å². The zero-order valence-corrected chi connectivity index (χ0v) is 15.6. The molecular weight excluding hydrogens is 333 g/mol. The minimum atomic E-state index is -0.341. The predicted molar refractivity (Wildman–Crippen MR) is 98.0 cm³/mol. The van der Waals surface area contributed by atoms with Crippen molar-refractivity contribution in [2.24, 2.45) is 5.92 Å². The quantitative estimate of drug-likeness (QED) is 0.891. The molecule has 0 bridgehead atoms. The Labute approximate surface area is 153 Å². The highest BCUT2D eigenvalue weighted by Gasteiger charge is 2.28. The third-order valence-electron chi connectivity index (χ3n) is 4.69. The first-order chi connectivity index (χ1) is 12.5. The highest BCUT2D eigenvalue weighted by Crippen LogP contribution is 2.21. The number of rotatable bonds is 5. The number of hydrogen-bond donors (Lipinski definition) is 1. The van der Waals surface area contributed by atoms with Gasteiger partial charge in [-0.05, 0) is 50.6 Å². The van der Waals surface area contributed by atoms with Crippen molar-refractivity contribution in [3.63, 3.8) is 0 Å². The number of nitrogens with zero attached hydrogens (tertiary/aromatic N) is 4. The molecule has 7 heteroatoms. The van der Waals surface area contributed by atoms with Crippen LogP contribution in [-0.2, 0) is 0 Å². The average molecular weight is 359 g/mol. The largest absolute Gasteiger partial charge is 0.336 e. The highest BCUT2D eigenvalue weighted by molar-refractivity contribution is 5.90. The first-order valence-electron chi connectivity index (χ1n) is 9.16. The molecule has 26 heavy (non-hydrogen) atoms. The Morgan fingerprint density at radius 3 is 2.92 bits per heavy atom. The van der Waals surface area contributed by atoms with Crippen LogP contribution in [0, 0.1) is 11.7 Å². The third kappa shape index (κ3) is 3.93. The van der Waals surface area contributed by atoms with Crippen LogP contribution in [0.3, 0.4) is 0 Å². The Morgan fingerprint density at radius 2 is 2.23 bits per heavy atom. The fraction of sp³-hybridized carbons (Fsp3) is 0.526. The number of piperidine rings is 1. The van der Waals surface area contributed by atoms with Crippen LogP contribution in [-0.4, -0.2) is 52.3 Å². The second kappa shape index (κ2) is 7.95. The Balaban J connectivity index is 1.88. The molecule has 1 fully saturated rings. The molecule has 0 radical (unpaired) electrons. The van der Waals surface area contributed by atoms with Crippen molar-refractivity contribution in [3.8, 4) is 5.69 Å². The molecule has 1 atom stereocenters. The second-order valence-corrected chi connectivity index (χ2v) is 7.16. The maximum absolute atomic E-state index is 13.6. The summed E-state index contributed by atoms with van der Waals surface area (Å²) < 4.78 is 15.2. The van der Waals surface area contributed by atoms with E-state index in [0.717, 1.165) is 25.9 Å². The third-order valence-corrected chi connectivity index (χ3v) is 4.69. The smallest absolute Gasteiger partial charge is 0.293 e. The van der Waals surface area contributed by atoms with Gasteiger partial charge in [0, 0.05) is 19.0 Å². The van der Waals surface area contributed by atoms with Gasteiger partial charge in [0.2, 0.25) is 5.82 Å². The van der Waals surface area contributed by atoms with Gasteiger partial charge in [0.25, 0.3) is 5.91 Å². The van der Waals surface area contributed by atoms with Crippen LogP contribution in [0.15, 0.2) is 24.3 Å². The Bertz CT molecular complexity index is 771. The second-order valence-electron chi connectivity index (χ2n) is 7.16. The molecule has 1 N–H and O–H groups in total. The summed E-state index contributed by atoms with van der Waals surface area (Å²) in [5.41, 5.74) is 0.576. The number of aromatic nitrogens is 3. The molecule has 3 rings (SSSR count). The fourth-order valence-electron chi connectivity index (χ4n) is 3.43. The minimum Gasteiger partial charge on any atom is -0.336 e. The van der Waals surface area contributed by atoms with Gasteiger partial charge in [-0.15, -0.1) is 5.10 Å². The van der Waals surface area contributed by atoms with Gasteiger partial charge in [0.1, 0.15) is 11.6 Å². The van der Waals surface area contributed by atoms with Crippen molar-refractivity contribution < 1.29 is 9.18 Å². The van der Waals surface area contributed by atoms with Crippen LogP contribution >= 0.6 is 0 Å². The molecule has 0 aliphatic carbocycles. The number of carbonyl (C=O) groups is 1. The van der Waals surface area contributed by atoms with Gasteiger partial charge in [0.05, 0.1) is 5.69 Å². The maximum Gasteiger partial charge on any atom is 0.293 e. The van der Waals surface area contributed by atoms with Gasteiger partial charge < -0.3 is 10.2 Å². The summed E-state index contributed by atoms with van der Waals surface area (Å²) in [5.74, 6) is 0.860. The summed E-state index contributed by atoms with van der Waals surface area (Å²) in [4.78, 5) is 19.2. The molecule has 6 nitrogen and oxygen atoms in total. The Hall–Kier alpha value is -2.28. The lowest BCUT2D eigenvalue weighted by molar-refractivity contribution is 0.0662. The summed E-state index contributed by atoms with van der Waals surface area (Å²) >= 11 is 0. The van der Waals surface area contributed by atoms with Crippen LogP contribution in [0.25, 0.3) is 5.69 Å². The van der Waals surface area contributed by atoms with Crippen LogP contribution < -0.4 is 5.32 Å². The molecule has 1 aliphatic rings. The summed E-state index contributed by atoms with van der Waals surface area (Å²) in [6.45, 7) is 6.30. The lowest BCUT2D eigenvalue weighted by Gasteiger charge is -2.31. The molecule has 1 aliphatic heterocycles. The zero-order valence-electron chi connectivity index (χ0n) is 15.6. The first kappa shape index (κ1) is 18.5. The van der Waals surface area contributed by atoms with E-state index < -0.39 is 0 Å². The van der Waals surface area contributed by atoms with E-state index in [0.29, 0.717) is 24.0 Å². The number of nitrogens with one attached hydrogen (secondary N) is 1. The summed E-state index contributed by atoms with van der Waals surface area (Å²) in [5, 5.41) is 7.60. The van der Waals surface area contributed by atoms with Crippen molar-refractivity contribution in [1.29, 1.82) is 0 Å². The van der Waals surface area contributed by atoms with Crippen molar-refractivity contribution in [1.82, 2.24) is 25.0 Å². The van der Waals surface area contributed by atoms with E-state index in [2.05, 4.69) is 15.4 Å². The van der Waals surface area contributed by atoms with E-state index >= 15 is 0 Å².